The summed E-state index contributed by atoms with van der Waals surface area (Å²) in [6.07, 6.45) is 15.4. The number of hydrogen-bond donors (Lipinski definition) is 2. The predicted octanol–water partition coefficient (Wildman–Crippen LogP) is 5.48. The van der Waals surface area contributed by atoms with Crippen LogP contribution in [-0.2, 0) is 4.79 Å². The van der Waals surface area contributed by atoms with Gasteiger partial charge in [0.2, 0.25) is 0 Å². The molecule has 0 aromatic heterocycles. The van der Waals surface area contributed by atoms with Gasteiger partial charge in [-0.25, -0.2) is 4.79 Å². The molecule has 0 amide bonds. The zero-order chi connectivity index (χ0) is 18.2. The lowest BCUT2D eigenvalue weighted by molar-refractivity contribution is -0.133. The van der Waals surface area contributed by atoms with E-state index in [0.29, 0.717) is 5.70 Å². The molecule has 26 heavy (non-hydrogen) atoms. The summed E-state index contributed by atoms with van der Waals surface area (Å²) in [4.78, 5) is 11.4. The molecule has 3 atom stereocenters. The Morgan fingerprint density at radius 2 is 1.81 bits per heavy atom. The van der Waals surface area contributed by atoms with Crippen LogP contribution in [0.25, 0.3) is 6.08 Å². The van der Waals surface area contributed by atoms with Crippen molar-refractivity contribution < 1.29 is 9.90 Å². The molecule has 0 aliphatic heterocycles. The van der Waals surface area contributed by atoms with Gasteiger partial charge in [0.1, 0.15) is 5.70 Å². The van der Waals surface area contributed by atoms with Gasteiger partial charge in [0.05, 0.1) is 0 Å². The largest absolute Gasteiger partial charge is 0.477 e. The average molecular weight is 356 g/mol. The van der Waals surface area contributed by atoms with E-state index in [9.17, 15) is 9.90 Å². The maximum atomic E-state index is 11.4. The number of carbonyl (C=O) groups is 1. The highest BCUT2D eigenvalue weighted by Gasteiger charge is 2.34. The Balaban J connectivity index is 1.41. The Labute approximate surface area is 157 Å². The normalized spacial score (nSPS) is 26.2. The van der Waals surface area contributed by atoms with Gasteiger partial charge in [-0.1, -0.05) is 81.7 Å². The zero-order valence-corrected chi connectivity index (χ0v) is 15.8. The molecule has 2 fully saturated rings. The molecule has 2 saturated carbocycles. The van der Waals surface area contributed by atoms with E-state index in [1.807, 2.05) is 30.3 Å². The van der Waals surface area contributed by atoms with Crippen molar-refractivity contribution in [2.24, 2.45) is 17.8 Å². The first-order valence-electron chi connectivity index (χ1n) is 10.5. The van der Waals surface area contributed by atoms with Gasteiger partial charge < -0.3 is 10.4 Å². The van der Waals surface area contributed by atoms with Crippen LogP contribution in [0.2, 0.25) is 0 Å². The van der Waals surface area contributed by atoms with Crippen LogP contribution in [0, 0.1) is 17.8 Å². The molecule has 2 aliphatic rings. The van der Waals surface area contributed by atoms with Crippen molar-refractivity contribution in [2.45, 2.75) is 64.2 Å². The molecule has 0 radical (unpaired) electrons. The van der Waals surface area contributed by atoms with Gasteiger partial charge in [-0.15, -0.1) is 0 Å². The van der Waals surface area contributed by atoms with Gasteiger partial charge >= 0.3 is 5.97 Å². The fraction of sp³-hybridized carbons (Fsp3) is 0.609. The number of carboxylic acids is 1. The number of fused-ring (bicyclic) bond motifs is 1. The molecule has 3 rings (SSSR count). The summed E-state index contributed by atoms with van der Waals surface area (Å²) >= 11 is 0. The molecule has 1 aromatic rings. The fourth-order valence-corrected chi connectivity index (χ4v) is 5.09. The summed E-state index contributed by atoms with van der Waals surface area (Å²) in [5.74, 6) is 2.03. The van der Waals surface area contributed by atoms with Gasteiger partial charge in [-0.2, -0.15) is 0 Å². The Hall–Kier alpha value is -1.77. The summed E-state index contributed by atoms with van der Waals surface area (Å²) < 4.78 is 0. The van der Waals surface area contributed by atoms with Crippen molar-refractivity contribution in [1.82, 2.24) is 5.32 Å². The third kappa shape index (κ3) is 5.36. The van der Waals surface area contributed by atoms with Crippen LogP contribution < -0.4 is 5.32 Å². The molecule has 3 nitrogen and oxygen atoms in total. The van der Waals surface area contributed by atoms with Crippen molar-refractivity contribution in [3.63, 3.8) is 0 Å². The smallest absolute Gasteiger partial charge is 0.351 e. The molecule has 0 heterocycles. The van der Waals surface area contributed by atoms with Crippen molar-refractivity contribution >= 4 is 12.0 Å². The van der Waals surface area contributed by atoms with Gasteiger partial charge in [0.25, 0.3) is 0 Å². The second kappa shape index (κ2) is 9.80. The maximum Gasteiger partial charge on any atom is 0.351 e. The average Bonchev–Trinajstić information content (AvgIpc) is 2.67. The molecular weight excluding hydrogens is 322 g/mol. The fourth-order valence-electron chi connectivity index (χ4n) is 5.09. The molecule has 0 bridgehead atoms. The van der Waals surface area contributed by atoms with E-state index in [1.165, 1.54) is 57.8 Å². The van der Waals surface area contributed by atoms with Crippen LogP contribution >= 0.6 is 0 Å². The molecule has 1 aromatic carbocycles. The van der Waals surface area contributed by atoms with Crippen LogP contribution in [-0.4, -0.2) is 17.6 Å². The van der Waals surface area contributed by atoms with Crippen molar-refractivity contribution in [2.75, 3.05) is 6.54 Å². The molecular formula is C23H33NO2. The zero-order valence-electron chi connectivity index (χ0n) is 15.8. The van der Waals surface area contributed by atoms with E-state index >= 15 is 0 Å². The van der Waals surface area contributed by atoms with E-state index in [0.717, 1.165) is 36.3 Å². The van der Waals surface area contributed by atoms with Crippen molar-refractivity contribution in [3.8, 4) is 0 Å². The van der Waals surface area contributed by atoms with Crippen molar-refractivity contribution in [3.05, 3.63) is 41.6 Å². The van der Waals surface area contributed by atoms with Crippen molar-refractivity contribution in [1.29, 1.82) is 0 Å². The van der Waals surface area contributed by atoms with Gasteiger partial charge in [-0.3, -0.25) is 0 Å². The number of aliphatic carboxylic acids is 1. The van der Waals surface area contributed by atoms with Crippen LogP contribution in [0.3, 0.4) is 0 Å². The van der Waals surface area contributed by atoms with E-state index in [-0.39, 0.29) is 0 Å². The van der Waals surface area contributed by atoms with Crippen LogP contribution in [0.4, 0.5) is 0 Å². The minimum Gasteiger partial charge on any atom is -0.477 e. The number of carboxylic acid groups (broad SMARTS) is 1. The van der Waals surface area contributed by atoms with Crippen LogP contribution in [0.1, 0.15) is 69.8 Å². The highest BCUT2D eigenvalue weighted by molar-refractivity contribution is 5.91. The van der Waals surface area contributed by atoms with E-state index in [4.69, 9.17) is 0 Å². The highest BCUT2D eigenvalue weighted by atomic mass is 16.4. The number of hydrogen-bond acceptors (Lipinski definition) is 2. The lowest BCUT2D eigenvalue weighted by atomic mass is 9.64. The number of nitrogens with one attached hydrogen (secondary N) is 1. The van der Waals surface area contributed by atoms with Gasteiger partial charge in [0.15, 0.2) is 0 Å². The number of benzene rings is 1. The third-order valence-electron chi connectivity index (χ3n) is 6.38. The van der Waals surface area contributed by atoms with Crippen LogP contribution in [0.15, 0.2) is 36.0 Å². The lowest BCUT2D eigenvalue weighted by Crippen LogP contribution is -2.31. The number of unbranched alkanes of at least 4 members (excludes halogenated alkanes) is 1. The Morgan fingerprint density at radius 3 is 2.62 bits per heavy atom. The molecule has 0 spiro atoms. The van der Waals surface area contributed by atoms with E-state index in [2.05, 4.69) is 5.32 Å². The Kier molecular flexibility index (Phi) is 7.16. The summed E-state index contributed by atoms with van der Waals surface area (Å²) in [7, 11) is 0. The molecule has 3 unspecified atom stereocenters. The highest BCUT2D eigenvalue weighted by Crippen LogP contribution is 2.45. The topological polar surface area (TPSA) is 49.3 Å². The monoisotopic (exact) mass is 355 g/mol. The van der Waals surface area contributed by atoms with Gasteiger partial charge in [-0.05, 0) is 42.2 Å². The minimum absolute atomic E-state index is 0.293. The van der Waals surface area contributed by atoms with E-state index in [1.54, 1.807) is 6.08 Å². The maximum absolute atomic E-state index is 11.4. The standard InChI is InChI=1S/C23H33NO2/c25-23(26)22(17-18-9-2-1-3-10-18)24-16-7-6-12-20-14-8-13-19-11-4-5-15-21(19)20/h1-3,9-10,17,19-21,24H,4-8,11-16H2,(H,25,26). The molecule has 2 N–H and O–H groups in total. The molecule has 3 heteroatoms. The molecule has 142 valence electrons. The summed E-state index contributed by atoms with van der Waals surface area (Å²) in [5, 5.41) is 12.5. The minimum atomic E-state index is -0.883. The first-order valence-corrected chi connectivity index (χ1v) is 10.5. The second-order valence-corrected chi connectivity index (χ2v) is 8.10. The SMILES string of the molecule is O=C(O)C(=Cc1ccccc1)NCCCCC1CCCC2CCCCC12. The summed E-state index contributed by atoms with van der Waals surface area (Å²) in [6.45, 7) is 0.742. The second-order valence-electron chi connectivity index (χ2n) is 8.10. The first kappa shape index (κ1) is 19.0. The van der Waals surface area contributed by atoms with Crippen LogP contribution in [0.5, 0.6) is 0 Å². The van der Waals surface area contributed by atoms with Gasteiger partial charge in [0, 0.05) is 6.54 Å². The Morgan fingerprint density at radius 1 is 1.04 bits per heavy atom. The lowest BCUT2D eigenvalue weighted by Gasteiger charge is -2.41. The summed E-state index contributed by atoms with van der Waals surface area (Å²) in [6, 6.07) is 9.64. The Bertz CT molecular complexity index is 593. The first-order chi connectivity index (χ1) is 12.7. The quantitative estimate of drug-likeness (QED) is 0.479. The summed E-state index contributed by atoms with van der Waals surface area (Å²) in [5.41, 5.74) is 1.21. The number of rotatable bonds is 8. The van der Waals surface area contributed by atoms with E-state index < -0.39 is 5.97 Å². The third-order valence-corrected chi connectivity index (χ3v) is 6.38. The molecule has 0 saturated heterocycles. The molecule has 2 aliphatic carbocycles. The predicted molar refractivity (Wildman–Crippen MR) is 107 cm³/mol.